The lowest BCUT2D eigenvalue weighted by atomic mass is 9.89. The summed E-state index contributed by atoms with van der Waals surface area (Å²) in [7, 11) is 0. The largest absolute Gasteiger partial charge is 0.494 e. The monoisotopic (exact) mass is 632 g/mol. The van der Waals surface area contributed by atoms with Gasteiger partial charge < -0.3 is 23.7 Å². The molecule has 1 aromatic rings. The van der Waals surface area contributed by atoms with Crippen LogP contribution in [0, 0.1) is 5.92 Å². The van der Waals surface area contributed by atoms with E-state index in [0.717, 1.165) is 44.5 Å². The van der Waals surface area contributed by atoms with Crippen LogP contribution in [0.2, 0.25) is 0 Å². The molecule has 45 heavy (non-hydrogen) atoms. The van der Waals surface area contributed by atoms with Crippen LogP contribution < -0.4 is 4.74 Å². The van der Waals surface area contributed by atoms with Crippen molar-refractivity contribution in [1.82, 2.24) is 0 Å². The van der Waals surface area contributed by atoms with E-state index >= 15 is 0 Å². The summed E-state index contributed by atoms with van der Waals surface area (Å²) in [4.78, 5) is 23.6. The van der Waals surface area contributed by atoms with Crippen LogP contribution in [-0.4, -0.2) is 49.8 Å². The van der Waals surface area contributed by atoms with Crippen LogP contribution in [0.15, 0.2) is 24.3 Å². The molecule has 258 valence electrons. The van der Waals surface area contributed by atoms with E-state index in [9.17, 15) is 9.59 Å². The number of unbranched alkanes of at least 4 members (excludes halogenated alkanes) is 14. The molecule has 1 aromatic carbocycles. The highest BCUT2D eigenvalue weighted by Crippen LogP contribution is 2.32. The number of carbonyl (C=O) groups excluding carboxylic acids is 2. The zero-order chi connectivity index (χ0) is 32.7. The quantitative estimate of drug-likeness (QED) is 0.0784. The molecule has 0 spiro atoms. The zero-order valence-corrected chi connectivity index (χ0v) is 29.2. The highest BCUT2D eigenvalue weighted by Gasteiger charge is 2.47. The summed E-state index contributed by atoms with van der Waals surface area (Å²) in [5.41, 5.74) is 1.26. The molecule has 0 amide bonds. The zero-order valence-electron chi connectivity index (χ0n) is 29.2. The number of hydrogen-bond donors (Lipinski definition) is 0. The Labute approximate surface area is 274 Å². The summed E-state index contributed by atoms with van der Waals surface area (Å²) in [6.07, 6.45) is 20.2. The fraction of sp³-hybridized carbons (Fsp3) is 0.789. The van der Waals surface area contributed by atoms with Crippen LogP contribution in [0.5, 0.6) is 5.75 Å². The second-order valence-electron chi connectivity index (χ2n) is 12.9. The Morgan fingerprint density at radius 1 is 0.667 bits per heavy atom. The predicted molar refractivity (Wildman–Crippen MR) is 180 cm³/mol. The first-order valence-electron chi connectivity index (χ1n) is 18.2. The minimum Gasteiger partial charge on any atom is -0.494 e. The third-order valence-electron chi connectivity index (χ3n) is 8.84. The maximum Gasteiger partial charge on any atom is 0.303 e. The Hall–Kier alpha value is -2.12. The minimum atomic E-state index is -0.790. The maximum absolute atomic E-state index is 11.8. The number of benzene rings is 1. The van der Waals surface area contributed by atoms with Gasteiger partial charge in [0.05, 0.1) is 12.7 Å². The van der Waals surface area contributed by atoms with E-state index in [0.29, 0.717) is 6.61 Å². The lowest BCUT2D eigenvalue weighted by Crippen LogP contribution is -2.57. The van der Waals surface area contributed by atoms with Crippen LogP contribution in [0.4, 0.5) is 0 Å². The first-order chi connectivity index (χ1) is 21.8. The van der Waals surface area contributed by atoms with E-state index in [1.54, 1.807) is 0 Å². The standard InChI is InChI=1S/C38H64O7/c1-6-8-9-10-11-12-13-14-15-16-17-18-19-21-28-41-34-26-24-33(25-27-34)23-20-22-29-42-38-37(44-32(5)40)36(43-31(4)39)30(3)35(7-2)45-38/h24-27,30,35-38H,6-23,28-29H2,1-5H3/t30-,35-,36+,37-,38-/m1/s1. The van der Waals surface area contributed by atoms with Gasteiger partial charge in [0.1, 0.15) is 11.9 Å². The Bertz CT molecular complexity index is 902. The summed E-state index contributed by atoms with van der Waals surface area (Å²) in [5.74, 6) is -0.0479. The number of carbonyl (C=O) groups is 2. The van der Waals surface area contributed by atoms with Crippen LogP contribution in [0.1, 0.15) is 149 Å². The Kier molecular flexibility index (Phi) is 20.9. The third-order valence-corrected chi connectivity index (χ3v) is 8.84. The smallest absolute Gasteiger partial charge is 0.303 e. The fourth-order valence-electron chi connectivity index (χ4n) is 6.19. The van der Waals surface area contributed by atoms with Gasteiger partial charge in [-0.15, -0.1) is 0 Å². The molecule has 1 fully saturated rings. The van der Waals surface area contributed by atoms with Crippen molar-refractivity contribution in [2.75, 3.05) is 13.2 Å². The van der Waals surface area contributed by atoms with E-state index in [4.69, 9.17) is 23.7 Å². The summed E-state index contributed by atoms with van der Waals surface area (Å²) in [6, 6.07) is 8.41. The highest BCUT2D eigenvalue weighted by atomic mass is 16.7. The molecular formula is C38H64O7. The molecule has 0 aromatic heterocycles. The molecule has 7 heteroatoms. The van der Waals surface area contributed by atoms with E-state index in [1.165, 1.54) is 103 Å². The van der Waals surface area contributed by atoms with Gasteiger partial charge in [0, 0.05) is 26.4 Å². The SMILES string of the molecule is CCCCCCCCCCCCCCCCOc1ccc(CCCCO[C@@H]2O[C@H](CC)[C@@H](C)[C@H](OC(C)=O)[C@H]2OC(C)=O)cc1. The normalized spacial score (nSPS) is 21.4. The molecule has 1 heterocycles. The van der Waals surface area contributed by atoms with Crippen LogP contribution in [-0.2, 0) is 35.0 Å². The van der Waals surface area contributed by atoms with E-state index < -0.39 is 30.4 Å². The maximum atomic E-state index is 11.8. The number of ether oxygens (including phenoxy) is 5. The summed E-state index contributed by atoms with van der Waals surface area (Å²) in [5, 5.41) is 0. The molecule has 1 aliphatic heterocycles. The van der Waals surface area contributed by atoms with Crippen molar-refractivity contribution < 1.29 is 33.3 Å². The molecule has 0 radical (unpaired) electrons. The van der Waals surface area contributed by atoms with Gasteiger partial charge in [0.2, 0.25) is 0 Å². The first-order valence-corrected chi connectivity index (χ1v) is 18.2. The topological polar surface area (TPSA) is 80.3 Å². The average molecular weight is 633 g/mol. The summed E-state index contributed by atoms with van der Waals surface area (Å²) in [6.45, 7) is 10.2. The van der Waals surface area contributed by atoms with Crippen molar-refractivity contribution in [2.45, 2.75) is 175 Å². The van der Waals surface area contributed by atoms with Crippen LogP contribution in [0.25, 0.3) is 0 Å². The van der Waals surface area contributed by atoms with Crippen LogP contribution >= 0.6 is 0 Å². The third kappa shape index (κ3) is 16.8. The molecule has 0 aliphatic carbocycles. The van der Waals surface area contributed by atoms with Gasteiger partial charge in [0.25, 0.3) is 0 Å². The van der Waals surface area contributed by atoms with Gasteiger partial charge in [-0.05, 0) is 49.8 Å². The summed E-state index contributed by atoms with van der Waals surface area (Å²) >= 11 is 0. The van der Waals surface area contributed by atoms with Gasteiger partial charge in [-0.25, -0.2) is 0 Å². The van der Waals surface area contributed by atoms with Gasteiger partial charge >= 0.3 is 11.9 Å². The molecule has 5 atom stereocenters. The average Bonchev–Trinajstić information content (AvgIpc) is 3.02. The molecule has 7 nitrogen and oxygen atoms in total. The molecular weight excluding hydrogens is 568 g/mol. The summed E-state index contributed by atoms with van der Waals surface area (Å²) < 4.78 is 29.3. The Morgan fingerprint density at radius 2 is 1.18 bits per heavy atom. The van der Waals surface area contributed by atoms with E-state index in [1.807, 2.05) is 13.8 Å². The van der Waals surface area contributed by atoms with Crippen molar-refractivity contribution in [3.8, 4) is 5.75 Å². The number of esters is 2. The fourth-order valence-corrected chi connectivity index (χ4v) is 6.19. The first kappa shape index (κ1) is 39.1. The molecule has 0 N–H and O–H groups in total. The van der Waals surface area contributed by atoms with E-state index in [2.05, 4.69) is 31.2 Å². The molecule has 0 saturated carbocycles. The number of hydrogen-bond acceptors (Lipinski definition) is 7. The number of rotatable bonds is 25. The van der Waals surface area contributed by atoms with Crippen molar-refractivity contribution in [2.24, 2.45) is 5.92 Å². The second kappa shape index (κ2) is 24.1. The Balaban J connectivity index is 1.56. The van der Waals surface area contributed by atoms with E-state index in [-0.39, 0.29) is 12.0 Å². The highest BCUT2D eigenvalue weighted by molar-refractivity contribution is 5.67. The van der Waals surface area contributed by atoms with Gasteiger partial charge in [-0.2, -0.15) is 0 Å². The van der Waals surface area contributed by atoms with Crippen molar-refractivity contribution in [1.29, 1.82) is 0 Å². The molecule has 0 unspecified atom stereocenters. The predicted octanol–water partition coefficient (Wildman–Crippen LogP) is 9.52. The van der Waals surface area contributed by atoms with Gasteiger partial charge in [0.15, 0.2) is 12.4 Å². The second-order valence-corrected chi connectivity index (χ2v) is 12.9. The molecule has 1 saturated heterocycles. The lowest BCUT2D eigenvalue weighted by molar-refractivity contribution is -0.290. The lowest BCUT2D eigenvalue weighted by Gasteiger charge is -2.43. The van der Waals surface area contributed by atoms with Crippen molar-refractivity contribution in [3.05, 3.63) is 29.8 Å². The van der Waals surface area contributed by atoms with Gasteiger partial charge in [-0.3, -0.25) is 9.59 Å². The van der Waals surface area contributed by atoms with Gasteiger partial charge in [-0.1, -0.05) is 116 Å². The minimum absolute atomic E-state index is 0.116. The molecule has 0 bridgehead atoms. The molecule has 2 rings (SSSR count). The van der Waals surface area contributed by atoms with Crippen molar-refractivity contribution >= 4 is 11.9 Å². The molecule has 1 aliphatic rings. The van der Waals surface area contributed by atoms with Crippen LogP contribution in [0.3, 0.4) is 0 Å². The number of aryl methyl sites for hydroxylation is 1. The Morgan fingerprint density at radius 3 is 1.71 bits per heavy atom. The van der Waals surface area contributed by atoms with Crippen molar-refractivity contribution in [3.63, 3.8) is 0 Å².